The Morgan fingerprint density at radius 3 is 2.65 bits per heavy atom. The van der Waals surface area contributed by atoms with Crippen LogP contribution in [0.5, 0.6) is 0 Å². The molecule has 1 rings (SSSR count). The van der Waals surface area contributed by atoms with E-state index in [1.165, 1.54) is 0 Å². The van der Waals surface area contributed by atoms with Crippen LogP contribution in [-0.4, -0.2) is 25.2 Å². The van der Waals surface area contributed by atoms with Crippen molar-refractivity contribution in [3.05, 3.63) is 33.8 Å². The third kappa shape index (κ3) is 4.13. The van der Waals surface area contributed by atoms with E-state index >= 15 is 0 Å². The van der Waals surface area contributed by atoms with E-state index in [4.69, 9.17) is 4.74 Å². The van der Waals surface area contributed by atoms with Gasteiger partial charge in [0.25, 0.3) is 5.91 Å². The highest BCUT2D eigenvalue weighted by Crippen LogP contribution is 2.17. The van der Waals surface area contributed by atoms with Gasteiger partial charge < -0.3 is 10.1 Å². The molecule has 0 aliphatic rings. The van der Waals surface area contributed by atoms with Crippen molar-refractivity contribution in [1.29, 1.82) is 0 Å². The maximum Gasteiger partial charge on any atom is 0.251 e. The van der Waals surface area contributed by atoms with E-state index < -0.39 is 0 Å². The van der Waals surface area contributed by atoms with Crippen LogP contribution in [-0.2, 0) is 4.74 Å². The van der Waals surface area contributed by atoms with Crippen LogP contribution in [0.1, 0.15) is 29.8 Å². The Morgan fingerprint density at radius 2 is 2.12 bits per heavy atom. The summed E-state index contributed by atoms with van der Waals surface area (Å²) in [7, 11) is 1.63. The van der Waals surface area contributed by atoms with Crippen LogP contribution in [0.25, 0.3) is 0 Å². The maximum atomic E-state index is 11.9. The predicted molar refractivity (Wildman–Crippen MR) is 72.3 cm³/mol. The topological polar surface area (TPSA) is 38.3 Å². The number of carbonyl (C=O) groups is 1. The van der Waals surface area contributed by atoms with Gasteiger partial charge in [-0.3, -0.25) is 4.79 Å². The fraction of sp³-hybridized carbons (Fsp3) is 0.462. The Balaban J connectivity index is 2.68. The summed E-state index contributed by atoms with van der Waals surface area (Å²) in [5.74, 6) is -0.0872. The van der Waals surface area contributed by atoms with Gasteiger partial charge in [-0.1, -0.05) is 22.0 Å². The molecule has 94 valence electrons. The normalized spacial score (nSPS) is 11.4. The molecule has 17 heavy (non-hydrogen) atoms. The molecule has 3 nitrogen and oxygen atoms in total. The van der Waals surface area contributed by atoms with Gasteiger partial charge in [0.2, 0.25) is 0 Å². The van der Waals surface area contributed by atoms with Crippen LogP contribution in [0.3, 0.4) is 0 Å². The smallest absolute Gasteiger partial charge is 0.251 e. The number of aryl methyl sites for hydroxylation is 1. The number of methoxy groups -OCH3 is 1. The minimum Gasteiger partial charge on any atom is -0.377 e. The maximum absolute atomic E-state index is 11.9. The van der Waals surface area contributed by atoms with Crippen molar-refractivity contribution >= 4 is 21.8 Å². The fourth-order valence-electron chi connectivity index (χ4n) is 1.20. The lowest BCUT2D eigenvalue weighted by molar-refractivity contribution is 0.0229. The van der Waals surface area contributed by atoms with Crippen LogP contribution in [0, 0.1) is 6.92 Å². The van der Waals surface area contributed by atoms with Crippen molar-refractivity contribution in [3.8, 4) is 0 Å². The highest BCUT2D eigenvalue weighted by Gasteiger charge is 2.17. The molecule has 1 aromatic rings. The first-order chi connectivity index (χ1) is 7.85. The summed E-state index contributed by atoms with van der Waals surface area (Å²) in [5, 5.41) is 2.85. The Morgan fingerprint density at radius 1 is 1.47 bits per heavy atom. The fourth-order valence-corrected chi connectivity index (χ4v) is 1.58. The zero-order chi connectivity index (χ0) is 13.1. The first-order valence-electron chi connectivity index (χ1n) is 5.45. The number of halogens is 1. The number of hydrogen-bond acceptors (Lipinski definition) is 2. The molecule has 0 aromatic heterocycles. The van der Waals surface area contributed by atoms with E-state index in [1.807, 2.05) is 39.0 Å². The standard InChI is InChI=1S/C13H18BrNO2/c1-9-5-6-10(7-11(9)14)12(16)15-8-13(2,3)17-4/h5-7H,8H2,1-4H3,(H,15,16). The summed E-state index contributed by atoms with van der Waals surface area (Å²) in [6, 6.07) is 5.56. The average Bonchev–Trinajstić information content (AvgIpc) is 2.30. The lowest BCUT2D eigenvalue weighted by atomic mass is 10.1. The molecule has 1 amide bonds. The van der Waals surface area contributed by atoms with E-state index in [1.54, 1.807) is 7.11 Å². The second-order valence-corrected chi connectivity index (χ2v) is 5.46. The summed E-state index contributed by atoms with van der Waals surface area (Å²) in [5.41, 5.74) is 1.41. The van der Waals surface area contributed by atoms with Crippen LogP contribution in [0.4, 0.5) is 0 Å². The number of rotatable bonds is 4. The molecule has 1 N–H and O–H groups in total. The van der Waals surface area contributed by atoms with Crippen molar-refractivity contribution in [2.75, 3.05) is 13.7 Å². The SMILES string of the molecule is COC(C)(C)CNC(=O)c1ccc(C)c(Br)c1. The number of ether oxygens (including phenoxy) is 1. The number of hydrogen-bond donors (Lipinski definition) is 1. The van der Waals surface area contributed by atoms with Gasteiger partial charge in [0.05, 0.1) is 5.60 Å². The van der Waals surface area contributed by atoms with Crippen LogP contribution < -0.4 is 5.32 Å². The molecule has 4 heteroatoms. The lowest BCUT2D eigenvalue weighted by Gasteiger charge is -2.23. The average molecular weight is 300 g/mol. The minimum absolute atomic E-state index is 0.0872. The summed E-state index contributed by atoms with van der Waals surface area (Å²) < 4.78 is 6.18. The number of carbonyl (C=O) groups excluding carboxylic acids is 1. The van der Waals surface area contributed by atoms with Crippen molar-refractivity contribution in [3.63, 3.8) is 0 Å². The lowest BCUT2D eigenvalue weighted by Crippen LogP contribution is -2.39. The molecule has 0 saturated heterocycles. The quantitative estimate of drug-likeness (QED) is 0.928. The van der Waals surface area contributed by atoms with Crippen molar-refractivity contribution < 1.29 is 9.53 Å². The molecule has 0 aliphatic carbocycles. The Kier molecular flexibility index (Phi) is 4.71. The van der Waals surface area contributed by atoms with Crippen molar-refractivity contribution in [1.82, 2.24) is 5.32 Å². The molecule has 0 saturated carbocycles. The first kappa shape index (κ1) is 14.2. The van der Waals surface area contributed by atoms with Gasteiger partial charge in [0.1, 0.15) is 0 Å². The van der Waals surface area contributed by atoms with Crippen LogP contribution in [0.15, 0.2) is 22.7 Å². The molecule has 1 aromatic carbocycles. The Hall–Kier alpha value is -0.870. The first-order valence-corrected chi connectivity index (χ1v) is 6.24. The van der Waals surface area contributed by atoms with Crippen molar-refractivity contribution in [2.24, 2.45) is 0 Å². The van der Waals surface area contributed by atoms with Gasteiger partial charge in [-0.05, 0) is 38.5 Å². The monoisotopic (exact) mass is 299 g/mol. The second-order valence-electron chi connectivity index (χ2n) is 4.61. The van der Waals surface area contributed by atoms with Gasteiger partial charge in [0.15, 0.2) is 0 Å². The number of amides is 1. The third-order valence-electron chi connectivity index (χ3n) is 2.66. The number of benzene rings is 1. The van der Waals surface area contributed by atoms with Gasteiger partial charge in [-0.2, -0.15) is 0 Å². The molecule has 0 unspecified atom stereocenters. The summed E-state index contributed by atoms with van der Waals surface area (Å²) in [6.07, 6.45) is 0. The largest absolute Gasteiger partial charge is 0.377 e. The molecule has 0 heterocycles. The molecular weight excluding hydrogens is 282 g/mol. The molecule has 0 atom stereocenters. The molecular formula is C13H18BrNO2. The molecule has 0 aliphatic heterocycles. The zero-order valence-corrected chi connectivity index (χ0v) is 12.2. The van der Waals surface area contributed by atoms with Gasteiger partial charge >= 0.3 is 0 Å². The molecule has 0 bridgehead atoms. The third-order valence-corrected chi connectivity index (χ3v) is 3.52. The van der Waals surface area contributed by atoms with Crippen molar-refractivity contribution in [2.45, 2.75) is 26.4 Å². The van der Waals surface area contributed by atoms with E-state index in [0.717, 1.165) is 10.0 Å². The van der Waals surface area contributed by atoms with Gasteiger partial charge in [-0.15, -0.1) is 0 Å². The van der Waals surface area contributed by atoms with E-state index in [-0.39, 0.29) is 11.5 Å². The molecule has 0 spiro atoms. The summed E-state index contributed by atoms with van der Waals surface area (Å²) >= 11 is 3.41. The Labute approximate surface area is 111 Å². The summed E-state index contributed by atoms with van der Waals surface area (Å²) in [6.45, 7) is 6.32. The highest BCUT2D eigenvalue weighted by atomic mass is 79.9. The molecule has 0 fully saturated rings. The zero-order valence-electron chi connectivity index (χ0n) is 10.6. The minimum atomic E-state index is -0.350. The van der Waals surface area contributed by atoms with E-state index in [2.05, 4.69) is 21.2 Å². The van der Waals surface area contributed by atoms with E-state index in [9.17, 15) is 4.79 Å². The second kappa shape index (κ2) is 5.65. The highest BCUT2D eigenvalue weighted by molar-refractivity contribution is 9.10. The summed E-state index contributed by atoms with van der Waals surface area (Å²) in [4.78, 5) is 11.9. The van der Waals surface area contributed by atoms with Gasteiger partial charge in [0, 0.05) is 23.7 Å². The molecule has 0 radical (unpaired) electrons. The van der Waals surface area contributed by atoms with Crippen LogP contribution in [0.2, 0.25) is 0 Å². The van der Waals surface area contributed by atoms with E-state index in [0.29, 0.717) is 12.1 Å². The van der Waals surface area contributed by atoms with Gasteiger partial charge in [-0.25, -0.2) is 0 Å². The number of nitrogens with one attached hydrogen (secondary N) is 1. The Bertz CT molecular complexity index is 416. The van der Waals surface area contributed by atoms with Crippen LogP contribution >= 0.6 is 15.9 Å². The predicted octanol–water partition coefficient (Wildman–Crippen LogP) is 2.91.